The molecule has 3 aliphatic rings. The summed E-state index contributed by atoms with van der Waals surface area (Å²) in [6.07, 6.45) is 16.0. The summed E-state index contributed by atoms with van der Waals surface area (Å²) in [6, 6.07) is 0. The third-order valence-corrected chi connectivity index (χ3v) is 6.53. The predicted octanol–water partition coefficient (Wildman–Crippen LogP) is 3.92. The number of carboxylic acids is 1. The molecule has 33 heavy (non-hydrogen) atoms. The Bertz CT molecular complexity index is 873. The lowest BCUT2D eigenvalue weighted by atomic mass is 9.68. The van der Waals surface area contributed by atoms with Gasteiger partial charge in [0.25, 0.3) is 0 Å². The number of hydrogen-bond donors (Lipinski definition) is 1. The van der Waals surface area contributed by atoms with Crippen molar-refractivity contribution in [3.05, 3.63) is 60.3 Å². The minimum atomic E-state index is -1.00. The molecule has 0 aromatic heterocycles. The molecule has 6 atom stereocenters. The van der Waals surface area contributed by atoms with E-state index < -0.39 is 11.9 Å². The van der Waals surface area contributed by atoms with Crippen molar-refractivity contribution in [3.8, 4) is 0 Å². The van der Waals surface area contributed by atoms with Crippen molar-refractivity contribution in [2.45, 2.75) is 69.5 Å². The zero-order valence-electron chi connectivity index (χ0n) is 19.7. The summed E-state index contributed by atoms with van der Waals surface area (Å²) >= 11 is 0. The van der Waals surface area contributed by atoms with Gasteiger partial charge in [0.15, 0.2) is 0 Å². The van der Waals surface area contributed by atoms with Crippen LogP contribution in [-0.4, -0.2) is 60.3 Å². The van der Waals surface area contributed by atoms with E-state index in [2.05, 4.69) is 26.8 Å². The van der Waals surface area contributed by atoms with Crippen LogP contribution in [0.1, 0.15) is 40.0 Å². The zero-order valence-corrected chi connectivity index (χ0v) is 19.7. The Labute approximate surface area is 195 Å². The van der Waals surface area contributed by atoms with Crippen molar-refractivity contribution >= 4 is 11.9 Å². The van der Waals surface area contributed by atoms with Crippen molar-refractivity contribution in [2.75, 3.05) is 13.7 Å². The first-order valence-corrected chi connectivity index (χ1v) is 11.3. The fourth-order valence-corrected chi connectivity index (χ4v) is 4.79. The van der Waals surface area contributed by atoms with E-state index in [1.807, 2.05) is 0 Å². The maximum absolute atomic E-state index is 12.4. The lowest BCUT2D eigenvalue weighted by molar-refractivity contribution is -0.166. The number of aliphatic carboxylic acids is 1. The second-order valence-electron chi connectivity index (χ2n) is 9.18. The molecule has 3 unspecified atom stereocenters. The molecule has 7 heteroatoms. The minimum Gasteiger partial charge on any atom is -0.478 e. The lowest BCUT2D eigenvalue weighted by Crippen LogP contribution is -2.55. The van der Waals surface area contributed by atoms with Crippen LogP contribution in [0.3, 0.4) is 0 Å². The van der Waals surface area contributed by atoms with Gasteiger partial charge in [-0.15, -0.1) is 0 Å². The van der Waals surface area contributed by atoms with Gasteiger partial charge in [-0.1, -0.05) is 48.1 Å². The van der Waals surface area contributed by atoms with Crippen LogP contribution in [0.25, 0.3) is 0 Å². The smallest absolute Gasteiger partial charge is 0.331 e. The number of carbonyl (C=O) groups excluding carboxylic acids is 1. The highest BCUT2D eigenvalue weighted by atomic mass is 16.6. The molecule has 0 aromatic carbocycles. The van der Waals surface area contributed by atoms with Crippen LogP contribution in [0.4, 0.5) is 0 Å². The Morgan fingerprint density at radius 2 is 1.73 bits per heavy atom. The quantitative estimate of drug-likeness (QED) is 0.174. The van der Waals surface area contributed by atoms with Crippen molar-refractivity contribution in [2.24, 2.45) is 5.92 Å². The number of carboxylic acid groups (broad SMARTS) is 1. The molecule has 0 bridgehead atoms. The first-order chi connectivity index (χ1) is 15.7. The van der Waals surface area contributed by atoms with Gasteiger partial charge in [0.2, 0.25) is 0 Å². The average molecular weight is 459 g/mol. The molecule has 180 valence electrons. The normalized spacial score (nSPS) is 35.6. The van der Waals surface area contributed by atoms with Crippen LogP contribution < -0.4 is 0 Å². The first-order valence-electron chi connectivity index (χ1n) is 11.3. The van der Waals surface area contributed by atoms with Crippen LogP contribution >= 0.6 is 0 Å². The molecular weight excluding hydrogens is 424 g/mol. The minimum absolute atomic E-state index is 0.00928. The molecule has 2 aliphatic heterocycles. The molecule has 0 radical (unpaired) electrons. The second kappa shape index (κ2) is 10.6. The van der Waals surface area contributed by atoms with Gasteiger partial charge in [0.1, 0.15) is 23.4 Å². The lowest BCUT2D eigenvalue weighted by Gasteiger charge is -2.42. The SMILES string of the molecule is CO[C@H]1C([C@@]2(C)OC2CC=C(C)C)C2(CC[C@H]1OC(=O)/C=C/C=C/C=C/C=C/C(=O)O)CO2. The maximum atomic E-state index is 12.4. The summed E-state index contributed by atoms with van der Waals surface area (Å²) in [5.74, 6) is -1.45. The fourth-order valence-electron chi connectivity index (χ4n) is 4.79. The van der Waals surface area contributed by atoms with Crippen LogP contribution in [0.2, 0.25) is 0 Å². The van der Waals surface area contributed by atoms with Crippen LogP contribution in [0.5, 0.6) is 0 Å². The van der Waals surface area contributed by atoms with E-state index >= 15 is 0 Å². The molecule has 1 spiro atoms. The monoisotopic (exact) mass is 458 g/mol. The van der Waals surface area contributed by atoms with E-state index in [0.29, 0.717) is 13.0 Å². The molecule has 1 saturated carbocycles. The van der Waals surface area contributed by atoms with Crippen molar-refractivity contribution in [3.63, 3.8) is 0 Å². The summed E-state index contributed by atoms with van der Waals surface area (Å²) in [6.45, 7) is 6.96. The Kier molecular flexibility index (Phi) is 8.10. The van der Waals surface area contributed by atoms with Gasteiger partial charge in [-0.25, -0.2) is 9.59 Å². The highest BCUT2D eigenvalue weighted by Crippen LogP contribution is 2.59. The van der Waals surface area contributed by atoms with Crippen LogP contribution in [0.15, 0.2) is 60.3 Å². The number of allylic oxidation sites excluding steroid dienone is 7. The fraction of sp³-hybridized carbons (Fsp3) is 0.538. The number of esters is 1. The predicted molar refractivity (Wildman–Crippen MR) is 124 cm³/mol. The number of carbonyl (C=O) groups is 2. The van der Waals surface area contributed by atoms with Crippen LogP contribution in [-0.2, 0) is 28.5 Å². The molecule has 0 aromatic rings. The summed E-state index contributed by atoms with van der Waals surface area (Å²) in [5, 5.41) is 8.51. The van der Waals surface area contributed by atoms with Crippen molar-refractivity contribution in [1.29, 1.82) is 0 Å². The van der Waals surface area contributed by atoms with E-state index in [4.69, 9.17) is 24.1 Å². The average Bonchev–Trinajstić information content (AvgIpc) is 3.67. The van der Waals surface area contributed by atoms with E-state index in [-0.39, 0.29) is 35.4 Å². The second-order valence-corrected chi connectivity index (χ2v) is 9.18. The number of hydrogen-bond acceptors (Lipinski definition) is 6. The van der Waals surface area contributed by atoms with Crippen molar-refractivity contribution < 1.29 is 33.6 Å². The largest absolute Gasteiger partial charge is 0.478 e. The molecule has 2 saturated heterocycles. The standard InChI is InChI=1S/C26H34O7/c1-18(2)13-14-20-25(3,33-20)24-23(30-4)19(15-16-26(24)17-31-26)32-22(29)12-10-8-6-5-7-9-11-21(27)28/h5-13,19-20,23-24H,14-17H2,1-4H3,(H,27,28)/b7-5+,8-6+,11-9+,12-10+/t19-,20?,23-,24?,25+,26?/m1/s1. The highest BCUT2D eigenvalue weighted by molar-refractivity contribution is 5.82. The molecular formula is C26H34O7. The summed E-state index contributed by atoms with van der Waals surface area (Å²) in [5.41, 5.74) is 0.642. The third kappa shape index (κ3) is 6.31. The Balaban J connectivity index is 1.59. The Morgan fingerprint density at radius 1 is 1.09 bits per heavy atom. The highest BCUT2D eigenvalue weighted by Gasteiger charge is 2.72. The van der Waals surface area contributed by atoms with Gasteiger partial charge < -0.3 is 24.1 Å². The first kappa shape index (κ1) is 25.1. The van der Waals surface area contributed by atoms with Gasteiger partial charge in [0.05, 0.1) is 18.6 Å². The molecule has 3 fully saturated rings. The van der Waals surface area contributed by atoms with E-state index in [9.17, 15) is 9.59 Å². The Morgan fingerprint density at radius 3 is 2.30 bits per heavy atom. The zero-order chi connectivity index (χ0) is 24.1. The summed E-state index contributed by atoms with van der Waals surface area (Å²) in [4.78, 5) is 22.8. The van der Waals surface area contributed by atoms with E-state index in [1.54, 1.807) is 37.5 Å². The Hall–Kier alpha value is -2.48. The number of epoxide rings is 2. The molecule has 1 N–H and O–H groups in total. The van der Waals surface area contributed by atoms with Gasteiger partial charge in [-0.2, -0.15) is 0 Å². The summed E-state index contributed by atoms with van der Waals surface area (Å²) < 4.78 is 23.8. The van der Waals surface area contributed by atoms with Gasteiger partial charge in [-0.05, 0) is 40.0 Å². The van der Waals surface area contributed by atoms with E-state index in [0.717, 1.165) is 18.9 Å². The summed E-state index contributed by atoms with van der Waals surface area (Å²) in [7, 11) is 1.65. The topological polar surface area (TPSA) is 97.9 Å². The van der Waals surface area contributed by atoms with Crippen molar-refractivity contribution in [1.82, 2.24) is 0 Å². The van der Waals surface area contributed by atoms with Gasteiger partial charge in [0, 0.05) is 19.3 Å². The maximum Gasteiger partial charge on any atom is 0.331 e. The van der Waals surface area contributed by atoms with Crippen LogP contribution in [0, 0.1) is 5.92 Å². The molecule has 1 aliphatic carbocycles. The molecule has 2 heterocycles. The molecule has 3 rings (SSSR count). The number of ether oxygens (including phenoxy) is 4. The van der Waals surface area contributed by atoms with E-state index in [1.165, 1.54) is 17.7 Å². The third-order valence-electron chi connectivity index (χ3n) is 6.53. The molecule has 0 amide bonds. The number of methoxy groups -OCH3 is 1. The van der Waals surface area contributed by atoms with Gasteiger partial charge >= 0.3 is 11.9 Å². The molecule has 7 nitrogen and oxygen atoms in total. The van der Waals surface area contributed by atoms with Gasteiger partial charge in [-0.3, -0.25) is 0 Å². The number of rotatable bonds is 10.